The van der Waals surface area contributed by atoms with E-state index in [0.29, 0.717) is 72.8 Å². The van der Waals surface area contributed by atoms with Gasteiger partial charge in [0.15, 0.2) is 23.1 Å². The SMILES string of the molecule is C=CCc1cc(C2C3=C(CC(C)(C)CC3=O)N(CC(=O)O)C3=C2C(=O)CC(C)(C)C3)cc(OC)c1OCc1ccc(C)cc1. The number of aryl methyl sites for hydroxylation is 1. The van der Waals surface area contributed by atoms with Crippen molar-refractivity contribution in [2.75, 3.05) is 13.7 Å². The summed E-state index contributed by atoms with van der Waals surface area (Å²) in [5, 5.41) is 9.97. The van der Waals surface area contributed by atoms with Crippen LogP contribution in [0.5, 0.6) is 11.5 Å². The van der Waals surface area contributed by atoms with E-state index in [0.717, 1.165) is 16.7 Å². The summed E-state index contributed by atoms with van der Waals surface area (Å²) >= 11 is 0. The second-order valence-electron chi connectivity index (χ2n) is 14.0. The summed E-state index contributed by atoms with van der Waals surface area (Å²) in [6.45, 7) is 14.2. The van der Waals surface area contributed by atoms with Crippen LogP contribution in [0.4, 0.5) is 0 Å². The largest absolute Gasteiger partial charge is 0.493 e. The number of hydrogen-bond donors (Lipinski definition) is 1. The van der Waals surface area contributed by atoms with Gasteiger partial charge in [0.05, 0.1) is 7.11 Å². The molecule has 0 bridgehead atoms. The first-order chi connectivity index (χ1) is 20.7. The summed E-state index contributed by atoms with van der Waals surface area (Å²) < 4.78 is 12.2. The first-order valence-electron chi connectivity index (χ1n) is 15.3. The number of ether oxygens (including phenoxy) is 2. The van der Waals surface area contributed by atoms with Crippen molar-refractivity contribution in [2.24, 2.45) is 10.8 Å². The fraction of sp³-hybridized carbons (Fsp3) is 0.432. The highest BCUT2D eigenvalue weighted by Gasteiger charge is 2.49. The molecule has 1 N–H and O–H groups in total. The number of benzene rings is 2. The Balaban J connectivity index is 1.71. The molecule has 3 aliphatic rings. The van der Waals surface area contributed by atoms with E-state index in [1.807, 2.05) is 71.0 Å². The third kappa shape index (κ3) is 6.10. The zero-order valence-corrected chi connectivity index (χ0v) is 26.7. The number of carbonyl (C=O) groups is 3. The molecule has 0 fully saturated rings. The first kappa shape index (κ1) is 31.3. The Hall–Kier alpha value is -4.13. The molecule has 0 atom stereocenters. The minimum atomic E-state index is -1.00. The molecule has 232 valence electrons. The molecule has 0 amide bonds. The normalized spacial score (nSPS) is 19.5. The maximum absolute atomic E-state index is 14.0. The van der Waals surface area contributed by atoms with Crippen molar-refractivity contribution in [1.82, 2.24) is 4.90 Å². The number of ketones is 2. The van der Waals surface area contributed by atoms with Crippen LogP contribution in [0.25, 0.3) is 0 Å². The van der Waals surface area contributed by atoms with E-state index in [4.69, 9.17) is 9.47 Å². The van der Waals surface area contributed by atoms with Gasteiger partial charge in [-0.25, -0.2) is 0 Å². The highest BCUT2D eigenvalue weighted by molar-refractivity contribution is 6.07. The monoisotopic (exact) mass is 597 g/mol. The van der Waals surface area contributed by atoms with Crippen LogP contribution in [-0.2, 0) is 27.4 Å². The van der Waals surface area contributed by atoms with E-state index in [1.165, 1.54) is 5.56 Å². The Morgan fingerprint density at radius 3 is 2.05 bits per heavy atom. The zero-order chi connectivity index (χ0) is 32.0. The number of hydrogen-bond acceptors (Lipinski definition) is 6. The summed E-state index contributed by atoms with van der Waals surface area (Å²) in [6, 6.07) is 12.0. The third-order valence-corrected chi connectivity index (χ3v) is 8.89. The molecule has 1 aliphatic heterocycles. The van der Waals surface area contributed by atoms with Gasteiger partial charge in [0.1, 0.15) is 13.2 Å². The molecule has 2 aliphatic carbocycles. The maximum atomic E-state index is 14.0. The number of methoxy groups -OCH3 is 1. The van der Waals surface area contributed by atoms with Crippen molar-refractivity contribution in [3.8, 4) is 11.5 Å². The number of carboxylic acids is 1. The Bertz CT molecular complexity index is 1540. The van der Waals surface area contributed by atoms with Crippen molar-refractivity contribution in [1.29, 1.82) is 0 Å². The van der Waals surface area contributed by atoms with Crippen molar-refractivity contribution >= 4 is 17.5 Å². The molecule has 44 heavy (non-hydrogen) atoms. The van der Waals surface area contributed by atoms with Gasteiger partial charge in [-0.1, -0.05) is 69.7 Å². The molecule has 0 saturated heterocycles. The third-order valence-electron chi connectivity index (χ3n) is 8.89. The highest BCUT2D eigenvalue weighted by atomic mass is 16.5. The Kier molecular flexibility index (Phi) is 8.36. The quantitative estimate of drug-likeness (QED) is 0.309. The van der Waals surface area contributed by atoms with Crippen molar-refractivity contribution in [3.05, 3.63) is 93.8 Å². The summed E-state index contributed by atoms with van der Waals surface area (Å²) in [5.41, 5.74) is 5.58. The van der Waals surface area contributed by atoms with E-state index in [-0.39, 0.29) is 28.9 Å². The topological polar surface area (TPSA) is 93.1 Å². The molecule has 5 rings (SSSR count). The first-order valence-corrected chi connectivity index (χ1v) is 15.3. The molecule has 0 saturated carbocycles. The van der Waals surface area contributed by atoms with Crippen LogP contribution in [0.1, 0.15) is 81.5 Å². The van der Waals surface area contributed by atoms with Gasteiger partial charge in [0, 0.05) is 46.9 Å². The molecule has 2 aromatic carbocycles. The van der Waals surface area contributed by atoms with Gasteiger partial charge in [-0.05, 0) is 54.2 Å². The summed E-state index contributed by atoms with van der Waals surface area (Å²) in [5.74, 6) is -0.624. The lowest BCUT2D eigenvalue weighted by Crippen LogP contribution is -2.45. The van der Waals surface area contributed by atoms with Crippen LogP contribution >= 0.6 is 0 Å². The van der Waals surface area contributed by atoms with E-state index >= 15 is 0 Å². The van der Waals surface area contributed by atoms with Gasteiger partial charge in [-0.3, -0.25) is 14.4 Å². The number of carboxylic acid groups (broad SMARTS) is 1. The van der Waals surface area contributed by atoms with Crippen LogP contribution < -0.4 is 9.47 Å². The lowest BCUT2D eigenvalue weighted by atomic mass is 9.63. The lowest BCUT2D eigenvalue weighted by molar-refractivity contribution is -0.138. The number of aliphatic carboxylic acids is 1. The summed E-state index contributed by atoms with van der Waals surface area (Å²) in [7, 11) is 1.59. The van der Waals surface area contributed by atoms with Gasteiger partial charge in [-0.15, -0.1) is 6.58 Å². The molecule has 0 unspecified atom stereocenters. The number of Topliss-reactive ketones (excluding diaryl/α,β-unsaturated/α-hetero) is 2. The molecule has 0 radical (unpaired) electrons. The van der Waals surface area contributed by atoms with Gasteiger partial charge in [-0.2, -0.15) is 0 Å². The molecule has 0 spiro atoms. The van der Waals surface area contributed by atoms with Crippen LogP contribution in [0.15, 0.2) is 71.6 Å². The fourth-order valence-electron chi connectivity index (χ4n) is 7.02. The molecule has 2 aromatic rings. The summed E-state index contributed by atoms with van der Waals surface area (Å²) in [6.07, 6.45) is 4.00. The second kappa shape index (κ2) is 11.8. The van der Waals surface area contributed by atoms with E-state index in [2.05, 4.69) is 6.58 Å². The second-order valence-corrected chi connectivity index (χ2v) is 14.0. The Morgan fingerprint density at radius 1 is 0.977 bits per heavy atom. The molecule has 0 aromatic heterocycles. The number of nitrogens with zero attached hydrogens (tertiary/aromatic N) is 1. The van der Waals surface area contributed by atoms with Crippen molar-refractivity contribution < 1.29 is 29.0 Å². The zero-order valence-electron chi connectivity index (χ0n) is 26.7. The highest BCUT2D eigenvalue weighted by Crippen LogP contribution is 2.55. The smallest absolute Gasteiger partial charge is 0.323 e. The summed E-state index contributed by atoms with van der Waals surface area (Å²) in [4.78, 5) is 42.0. The van der Waals surface area contributed by atoms with Crippen LogP contribution in [-0.4, -0.2) is 41.2 Å². The minimum absolute atomic E-state index is 0.0512. The number of allylic oxidation sites excluding steroid dienone is 5. The molecular formula is C37H43NO6. The Morgan fingerprint density at radius 2 is 1.55 bits per heavy atom. The average Bonchev–Trinajstić information content (AvgIpc) is 2.92. The fourth-order valence-corrected chi connectivity index (χ4v) is 7.02. The minimum Gasteiger partial charge on any atom is -0.493 e. The van der Waals surface area contributed by atoms with Crippen molar-refractivity contribution in [3.63, 3.8) is 0 Å². The number of carbonyl (C=O) groups excluding carboxylic acids is 2. The van der Waals surface area contributed by atoms with E-state index < -0.39 is 11.9 Å². The molecular weight excluding hydrogens is 554 g/mol. The lowest BCUT2D eigenvalue weighted by Gasteiger charge is -2.48. The van der Waals surface area contributed by atoms with Gasteiger partial charge >= 0.3 is 5.97 Å². The standard InChI is InChI=1S/C37H43NO6/c1-8-9-24-14-25(15-30(43-7)35(24)44-21-23-12-10-22(2)11-13-23)32-33-26(16-36(3,4)18-28(33)39)38(20-31(41)42)27-17-37(5,6)19-29(40)34(27)32/h8,10-15,32H,1,9,16-21H2,2-7H3,(H,41,42). The predicted molar refractivity (Wildman–Crippen MR) is 170 cm³/mol. The average molecular weight is 598 g/mol. The molecule has 1 heterocycles. The van der Waals surface area contributed by atoms with Crippen LogP contribution in [0.3, 0.4) is 0 Å². The van der Waals surface area contributed by atoms with Crippen LogP contribution in [0.2, 0.25) is 0 Å². The van der Waals surface area contributed by atoms with E-state index in [1.54, 1.807) is 18.1 Å². The van der Waals surface area contributed by atoms with Crippen LogP contribution in [0, 0.1) is 17.8 Å². The maximum Gasteiger partial charge on any atom is 0.323 e. The van der Waals surface area contributed by atoms with E-state index in [9.17, 15) is 19.5 Å². The Labute approximate surface area is 260 Å². The van der Waals surface area contributed by atoms with Gasteiger partial charge in [0.2, 0.25) is 0 Å². The molecule has 7 nitrogen and oxygen atoms in total. The van der Waals surface area contributed by atoms with Crippen molar-refractivity contribution in [2.45, 2.75) is 79.2 Å². The predicted octanol–water partition coefficient (Wildman–Crippen LogP) is 7.08. The molecule has 7 heteroatoms. The van der Waals surface area contributed by atoms with Gasteiger partial charge < -0.3 is 19.5 Å². The number of rotatable bonds is 9. The van der Waals surface area contributed by atoms with Gasteiger partial charge in [0.25, 0.3) is 0 Å².